The molecule has 0 aromatic carbocycles. The lowest BCUT2D eigenvalue weighted by molar-refractivity contribution is 0.443. The number of aromatic nitrogens is 2. The van der Waals surface area contributed by atoms with Crippen LogP contribution < -0.4 is 10.2 Å². The molecule has 15 heavy (non-hydrogen) atoms. The van der Waals surface area contributed by atoms with Crippen LogP contribution in [0.5, 0.6) is 0 Å². The third kappa shape index (κ3) is 2.58. The molecule has 5 heteroatoms. The van der Waals surface area contributed by atoms with Gasteiger partial charge in [0.1, 0.15) is 5.82 Å². The SMILES string of the molecule is CN(c1ccnc(Cl)n1)[C@@H]1CCCNC1. The predicted molar refractivity (Wildman–Crippen MR) is 61.3 cm³/mol. The zero-order chi connectivity index (χ0) is 10.7. The number of rotatable bonds is 2. The largest absolute Gasteiger partial charge is 0.355 e. The van der Waals surface area contributed by atoms with E-state index in [-0.39, 0.29) is 0 Å². The van der Waals surface area contributed by atoms with Gasteiger partial charge in [-0.05, 0) is 37.1 Å². The van der Waals surface area contributed by atoms with E-state index in [1.54, 1.807) is 6.20 Å². The topological polar surface area (TPSA) is 41.1 Å². The smallest absolute Gasteiger partial charge is 0.224 e. The molecule has 1 aromatic heterocycles. The Morgan fingerprint density at radius 1 is 1.60 bits per heavy atom. The maximum atomic E-state index is 5.76. The molecule has 82 valence electrons. The quantitative estimate of drug-likeness (QED) is 0.773. The summed E-state index contributed by atoms with van der Waals surface area (Å²) in [5.41, 5.74) is 0. The van der Waals surface area contributed by atoms with Crippen LogP contribution in [0.4, 0.5) is 5.82 Å². The number of hydrogen-bond acceptors (Lipinski definition) is 4. The molecule has 2 rings (SSSR count). The Morgan fingerprint density at radius 3 is 3.13 bits per heavy atom. The molecule has 1 N–H and O–H groups in total. The normalized spacial score (nSPS) is 21.3. The molecule has 1 aromatic rings. The Bertz CT molecular complexity index is 325. The molecule has 1 aliphatic heterocycles. The zero-order valence-corrected chi connectivity index (χ0v) is 9.54. The number of nitrogens with zero attached hydrogens (tertiary/aromatic N) is 3. The highest BCUT2D eigenvalue weighted by atomic mass is 35.5. The average molecular weight is 227 g/mol. The minimum atomic E-state index is 0.308. The minimum absolute atomic E-state index is 0.308. The summed E-state index contributed by atoms with van der Waals surface area (Å²) < 4.78 is 0. The summed E-state index contributed by atoms with van der Waals surface area (Å²) in [6.45, 7) is 2.13. The van der Waals surface area contributed by atoms with Gasteiger partial charge in [-0.15, -0.1) is 0 Å². The Balaban J connectivity index is 2.08. The summed E-state index contributed by atoms with van der Waals surface area (Å²) in [5.74, 6) is 0.892. The summed E-state index contributed by atoms with van der Waals surface area (Å²) in [6.07, 6.45) is 4.11. The monoisotopic (exact) mass is 226 g/mol. The molecular weight excluding hydrogens is 212 g/mol. The van der Waals surface area contributed by atoms with Crippen LogP contribution >= 0.6 is 11.6 Å². The summed E-state index contributed by atoms with van der Waals surface area (Å²) in [6, 6.07) is 2.39. The van der Waals surface area contributed by atoms with Crippen molar-refractivity contribution in [1.29, 1.82) is 0 Å². The lowest BCUT2D eigenvalue weighted by Gasteiger charge is -2.32. The first-order valence-corrected chi connectivity index (χ1v) is 5.57. The predicted octanol–water partition coefficient (Wildman–Crippen LogP) is 1.32. The number of anilines is 1. The molecule has 4 nitrogen and oxygen atoms in total. The van der Waals surface area contributed by atoms with Gasteiger partial charge < -0.3 is 10.2 Å². The molecule has 0 unspecified atom stereocenters. The van der Waals surface area contributed by atoms with E-state index in [1.165, 1.54) is 12.8 Å². The number of nitrogens with one attached hydrogen (secondary N) is 1. The van der Waals surface area contributed by atoms with E-state index in [2.05, 4.69) is 27.2 Å². The zero-order valence-electron chi connectivity index (χ0n) is 8.78. The highest BCUT2D eigenvalue weighted by Crippen LogP contribution is 2.17. The van der Waals surface area contributed by atoms with Crippen LogP contribution in [0.3, 0.4) is 0 Å². The van der Waals surface area contributed by atoms with Crippen LogP contribution in [-0.2, 0) is 0 Å². The molecule has 1 aliphatic rings. The van der Waals surface area contributed by atoms with Gasteiger partial charge in [0.2, 0.25) is 5.28 Å². The number of piperidine rings is 1. The molecule has 2 heterocycles. The Labute approximate surface area is 94.7 Å². The van der Waals surface area contributed by atoms with Crippen LogP contribution in [0.2, 0.25) is 5.28 Å². The molecular formula is C10H15ClN4. The van der Waals surface area contributed by atoms with Crippen molar-refractivity contribution in [2.45, 2.75) is 18.9 Å². The maximum Gasteiger partial charge on any atom is 0.224 e. The van der Waals surface area contributed by atoms with Crippen LogP contribution in [0, 0.1) is 0 Å². The third-order valence-electron chi connectivity index (χ3n) is 2.79. The van der Waals surface area contributed by atoms with Crippen molar-refractivity contribution in [2.75, 3.05) is 25.0 Å². The second-order valence-corrected chi connectivity index (χ2v) is 4.13. The van der Waals surface area contributed by atoms with Gasteiger partial charge in [0.25, 0.3) is 0 Å². The molecule has 0 amide bonds. The lowest BCUT2D eigenvalue weighted by Crippen LogP contribution is -2.44. The molecule has 1 fully saturated rings. The third-order valence-corrected chi connectivity index (χ3v) is 2.97. The molecule has 1 atom stereocenters. The Morgan fingerprint density at radius 2 is 2.47 bits per heavy atom. The Hall–Kier alpha value is -0.870. The van der Waals surface area contributed by atoms with Gasteiger partial charge in [-0.1, -0.05) is 0 Å². The molecule has 0 saturated carbocycles. The summed E-state index contributed by atoms with van der Waals surface area (Å²) in [7, 11) is 2.05. The fourth-order valence-corrected chi connectivity index (χ4v) is 2.02. The van der Waals surface area contributed by atoms with Crippen molar-refractivity contribution >= 4 is 17.4 Å². The van der Waals surface area contributed by atoms with Crippen molar-refractivity contribution in [3.63, 3.8) is 0 Å². The van der Waals surface area contributed by atoms with Gasteiger partial charge in [0.05, 0.1) is 0 Å². The molecule has 1 saturated heterocycles. The first-order valence-electron chi connectivity index (χ1n) is 5.19. The number of likely N-dealkylation sites (N-methyl/N-ethyl adjacent to an activating group) is 1. The van der Waals surface area contributed by atoms with Crippen molar-refractivity contribution in [2.24, 2.45) is 0 Å². The fraction of sp³-hybridized carbons (Fsp3) is 0.600. The van der Waals surface area contributed by atoms with Crippen LogP contribution in [0.25, 0.3) is 0 Å². The second-order valence-electron chi connectivity index (χ2n) is 3.79. The van der Waals surface area contributed by atoms with Crippen molar-refractivity contribution in [1.82, 2.24) is 15.3 Å². The van der Waals surface area contributed by atoms with Gasteiger partial charge in [-0.25, -0.2) is 9.97 Å². The standard InChI is InChI=1S/C10H15ClN4/c1-15(8-3-2-5-12-7-8)9-4-6-13-10(11)14-9/h4,6,8,12H,2-3,5,7H2,1H3/t8-/m1/s1. The van der Waals surface area contributed by atoms with Crippen molar-refractivity contribution < 1.29 is 0 Å². The summed E-state index contributed by atoms with van der Waals surface area (Å²) >= 11 is 5.76. The summed E-state index contributed by atoms with van der Waals surface area (Å²) in [5, 5.41) is 3.69. The molecule has 0 radical (unpaired) electrons. The van der Waals surface area contributed by atoms with Gasteiger partial charge in [-0.2, -0.15) is 0 Å². The fourth-order valence-electron chi connectivity index (χ4n) is 1.87. The van der Waals surface area contributed by atoms with Crippen LogP contribution in [0.1, 0.15) is 12.8 Å². The molecule has 0 aliphatic carbocycles. The lowest BCUT2D eigenvalue weighted by atomic mass is 10.1. The highest BCUT2D eigenvalue weighted by Gasteiger charge is 2.18. The highest BCUT2D eigenvalue weighted by molar-refractivity contribution is 6.28. The van der Waals surface area contributed by atoms with Crippen molar-refractivity contribution in [3.8, 4) is 0 Å². The van der Waals surface area contributed by atoms with Crippen LogP contribution in [-0.4, -0.2) is 36.1 Å². The average Bonchev–Trinajstić information content (AvgIpc) is 2.29. The molecule has 0 bridgehead atoms. The number of hydrogen-bond donors (Lipinski definition) is 1. The van der Waals surface area contributed by atoms with E-state index >= 15 is 0 Å². The van der Waals surface area contributed by atoms with E-state index in [1.807, 2.05) is 6.07 Å². The molecule has 0 spiro atoms. The van der Waals surface area contributed by atoms with E-state index in [4.69, 9.17) is 11.6 Å². The second kappa shape index (κ2) is 4.77. The van der Waals surface area contributed by atoms with Crippen LogP contribution in [0.15, 0.2) is 12.3 Å². The first kappa shape index (κ1) is 10.6. The van der Waals surface area contributed by atoms with Gasteiger partial charge >= 0.3 is 0 Å². The maximum absolute atomic E-state index is 5.76. The van der Waals surface area contributed by atoms with Gasteiger partial charge in [0, 0.05) is 25.8 Å². The van der Waals surface area contributed by atoms with Crippen molar-refractivity contribution in [3.05, 3.63) is 17.5 Å². The minimum Gasteiger partial charge on any atom is -0.355 e. The van der Waals surface area contributed by atoms with E-state index < -0.39 is 0 Å². The van der Waals surface area contributed by atoms with E-state index in [0.29, 0.717) is 11.3 Å². The first-order chi connectivity index (χ1) is 7.27. The summed E-state index contributed by atoms with van der Waals surface area (Å²) in [4.78, 5) is 10.2. The van der Waals surface area contributed by atoms with Gasteiger partial charge in [0.15, 0.2) is 0 Å². The Kier molecular flexibility index (Phi) is 3.38. The van der Waals surface area contributed by atoms with E-state index in [9.17, 15) is 0 Å². The van der Waals surface area contributed by atoms with Gasteiger partial charge in [-0.3, -0.25) is 0 Å². The number of halogens is 1. The van der Waals surface area contributed by atoms with E-state index in [0.717, 1.165) is 18.9 Å².